The Hall–Kier alpha value is -1.39. The second-order valence-corrected chi connectivity index (χ2v) is 5.46. The van der Waals surface area contributed by atoms with Gasteiger partial charge in [0.05, 0.1) is 12.1 Å². The Labute approximate surface area is 112 Å². The van der Waals surface area contributed by atoms with Crippen molar-refractivity contribution in [3.8, 4) is 5.75 Å². The van der Waals surface area contributed by atoms with E-state index in [1.54, 1.807) is 18.4 Å². The summed E-state index contributed by atoms with van der Waals surface area (Å²) in [6.45, 7) is 2.80. The highest BCUT2D eigenvalue weighted by molar-refractivity contribution is 7.11. The molecule has 4 heteroatoms. The molecular formula is C14H18N2OS. The lowest BCUT2D eigenvalue weighted by Gasteiger charge is -2.03. The third-order valence-electron chi connectivity index (χ3n) is 2.93. The maximum atomic E-state index is 5.66. The molecule has 0 aliphatic carbocycles. The van der Waals surface area contributed by atoms with Crippen LogP contribution in [0.3, 0.4) is 0 Å². The highest BCUT2D eigenvalue weighted by Gasteiger charge is 2.08. The van der Waals surface area contributed by atoms with Crippen molar-refractivity contribution in [1.29, 1.82) is 0 Å². The SMILES string of the molecule is COc1ccc(Cc2ncc(C(C)CN)s2)cc1. The Bertz CT molecular complexity index is 493. The Kier molecular flexibility index (Phi) is 4.33. The van der Waals surface area contributed by atoms with E-state index in [4.69, 9.17) is 10.5 Å². The minimum atomic E-state index is 0.395. The number of nitrogens with zero attached hydrogens (tertiary/aromatic N) is 1. The number of hydrogen-bond acceptors (Lipinski definition) is 4. The largest absolute Gasteiger partial charge is 0.497 e. The van der Waals surface area contributed by atoms with Crippen LogP contribution >= 0.6 is 11.3 Å². The fraction of sp³-hybridized carbons (Fsp3) is 0.357. The summed E-state index contributed by atoms with van der Waals surface area (Å²) in [4.78, 5) is 5.72. The van der Waals surface area contributed by atoms with E-state index in [1.807, 2.05) is 18.3 Å². The molecule has 0 saturated carbocycles. The van der Waals surface area contributed by atoms with Gasteiger partial charge in [-0.05, 0) is 24.2 Å². The maximum Gasteiger partial charge on any atom is 0.118 e. The summed E-state index contributed by atoms with van der Waals surface area (Å²) in [5.41, 5.74) is 6.91. The molecule has 1 atom stereocenters. The topological polar surface area (TPSA) is 48.1 Å². The normalized spacial score (nSPS) is 12.4. The van der Waals surface area contributed by atoms with Crippen LogP contribution in [0, 0.1) is 0 Å². The third-order valence-corrected chi connectivity index (χ3v) is 4.15. The van der Waals surface area contributed by atoms with Crippen LogP contribution in [0.25, 0.3) is 0 Å². The quantitative estimate of drug-likeness (QED) is 0.901. The molecule has 18 heavy (non-hydrogen) atoms. The van der Waals surface area contributed by atoms with E-state index < -0.39 is 0 Å². The van der Waals surface area contributed by atoms with Crippen LogP contribution in [0.4, 0.5) is 0 Å². The smallest absolute Gasteiger partial charge is 0.118 e. The first-order valence-electron chi connectivity index (χ1n) is 6.00. The molecule has 0 radical (unpaired) electrons. The molecule has 3 nitrogen and oxygen atoms in total. The summed E-state index contributed by atoms with van der Waals surface area (Å²) < 4.78 is 5.14. The van der Waals surface area contributed by atoms with Crippen LogP contribution in [0.5, 0.6) is 5.75 Å². The summed E-state index contributed by atoms with van der Waals surface area (Å²) in [5.74, 6) is 1.28. The van der Waals surface area contributed by atoms with E-state index in [-0.39, 0.29) is 0 Å². The van der Waals surface area contributed by atoms with E-state index >= 15 is 0 Å². The lowest BCUT2D eigenvalue weighted by molar-refractivity contribution is 0.414. The van der Waals surface area contributed by atoms with Crippen molar-refractivity contribution in [2.24, 2.45) is 5.73 Å². The van der Waals surface area contributed by atoms with Crippen LogP contribution in [0.15, 0.2) is 30.5 Å². The van der Waals surface area contributed by atoms with E-state index in [0.717, 1.165) is 17.2 Å². The molecule has 2 N–H and O–H groups in total. The maximum absolute atomic E-state index is 5.66. The minimum Gasteiger partial charge on any atom is -0.497 e. The van der Waals surface area contributed by atoms with Gasteiger partial charge < -0.3 is 10.5 Å². The Morgan fingerprint density at radius 2 is 2.06 bits per heavy atom. The second kappa shape index (κ2) is 5.98. The van der Waals surface area contributed by atoms with E-state index in [2.05, 4.69) is 24.0 Å². The highest BCUT2D eigenvalue weighted by Crippen LogP contribution is 2.24. The lowest BCUT2D eigenvalue weighted by atomic mass is 10.1. The molecule has 0 saturated heterocycles. The molecule has 0 spiro atoms. The van der Waals surface area contributed by atoms with Gasteiger partial charge in [-0.2, -0.15) is 0 Å². The second-order valence-electron chi connectivity index (χ2n) is 4.32. The number of rotatable bonds is 5. The zero-order valence-corrected chi connectivity index (χ0v) is 11.5. The molecule has 1 unspecified atom stereocenters. The third kappa shape index (κ3) is 3.09. The summed E-state index contributed by atoms with van der Waals surface area (Å²) in [5, 5.41) is 1.13. The van der Waals surface area contributed by atoms with Crippen LogP contribution in [0.2, 0.25) is 0 Å². The number of aromatic nitrogens is 1. The monoisotopic (exact) mass is 262 g/mol. The molecule has 0 amide bonds. The predicted octanol–water partition coefficient (Wildman–Crippen LogP) is 2.80. The van der Waals surface area contributed by atoms with Crippen molar-refractivity contribution in [2.75, 3.05) is 13.7 Å². The summed E-state index contributed by atoms with van der Waals surface area (Å²) in [7, 11) is 1.68. The first-order valence-corrected chi connectivity index (χ1v) is 6.82. The number of benzene rings is 1. The molecule has 2 aromatic rings. The van der Waals surface area contributed by atoms with Crippen molar-refractivity contribution >= 4 is 11.3 Å². The van der Waals surface area contributed by atoms with Gasteiger partial charge in [0.25, 0.3) is 0 Å². The van der Waals surface area contributed by atoms with Gasteiger partial charge in [-0.3, -0.25) is 0 Å². The molecule has 0 aliphatic rings. The predicted molar refractivity (Wildman–Crippen MR) is 75.4 cm³/mol. The molecule has 1 aromatic heterocycles. The first-order chi connectivity index (χ1) is 8.72. The van der Waals surface area contributed by atoms with Gasteiger partial charge in [-0.25, -0.2) is 4.98 Å². The van der Waals surface area contributed by atoms with Crippen molar-refractivity contribution in [1.82, 2.24) is 4.98 Å². The lowest BCUT2D eigenvalue weighted by Crippen LogP contribution is -2.07. The van der Waals surface area contributed by atoms with Crippen LogP contribution < -0.4 is 10.5 Å². The molecule has 0 fully saturated rings. The average molecular weight is 262 g/mol. The molecule has 1 aromatic carbocycles. The minimum absolute atomic E-state index is 0.395. The van der Waals surface area contributed by atoms with Gasteiger partial charge in [-0.15, -0.1) is 11.3 Å². The molecule has 2 rings (SSSR count). The number of ether oxygens (including phenoxy) is 1. The number of methoxy groups -OCH3 is 1. The van der Waals surface area contributed by atoms with Gasteiger partial charge in [0.15, 0.2) is 0 Å². The van der Waals surface area contributed by atoms with Crippen LogP contribution in [-0.4, -0.2) is 18.6 Å². The number of hydrogen-bond donors (Lipinski definition) is 1. The van der Waals surface area contributed by atoms with E-state index in [1.165, 1.54) is 10.4 Å². The standard InChI is InChI=1S/C14H18N2OS/c1-10(8-15)13-9-16-14(18-13)7-11-3-5-12(17-2)6-4-11/h3-6,9-10H,7-8,15H2,1-2H3. The van der Waals surface area contributed by atoms with Gasteiger partial charge >= 0.3 is 0 Å². The fourth-order valence-electron chi connectivity index (χ4n) is 1.67. The summed E-state index contributed by atoms with van der Waals surface area (Å²) in [6.07, 6.45) is 2.81. The van der Waals surface area contributed by atoms with Gasteiger partial charge in [0.1, 0.15) is 5.75 Å². The molecule has 1 heterocycles. The number of thiazole rings is 1. The summed E-state index contributed by atoms with van der Waals surface area (Å²) in [6, 6.07) is 8.11. The fourth-order valence-corrected chi connectivity index (χ4v) is 2.69. The van der Waals surface area contributed by atoms with Crippen molar-refractivity contribution < 1.29 is 4.74 Å². The van der Waals surface area contributed by atoms with Gasteiger partial charge in [-0.1, -0.05) is 19.1 Å². The molecule has 96 valence electrons. The van der Waals surface area contributed by atoms with Crippen molar-refractivity contribution in [2.45, 2.75) is 19.3 Å². The average Bonchev–Trinajstić information content (AvgIpc) is 2.87. The highest BCUT2D eigenvalue weighted by atomic mass is 32.1. The van der Waals surface area contributed by atoms with Crippen LogP contribution in [-0.2, 0) is 6.42 Å². The zero-order valence-electron chi connectivity index (χ0n) is 10.7. The Balaban J connectivity index is 2.06. The van der Waals surface area contributed by atoms with Gasteiger partial charge in [0, 0.05) is 23.4 Å². The van der Waals surface area contributed by atoms with Crippen LogP contribution in [0.1, 0.15) is 28.3 Å². The zero-order chi connectivity index (χ0) is 13.0. The molecule has 0 aliphatic heterocycles. The van der Waals surface area contributed by atoms with Gasteiger partial charge in [0.2, 0.25) is 0 Å². The Morgan fingerprint density at radius 1 is 1.33 bits per heavy atom. The van der Waals surface area contributed by atoms with Crippen molar-refractivity contribution in [3.63, 3.8) is 0 Å². The Morgan fingerprint density at radius 3 is 2.67 bits per heavy atom. The molecule has 0 bridgehead atoms. The summed E-state index contributed by atoms with van der Waals surface area (Å²) >= 11 is 1.75. The van der Waals surface area contributed by atoms with E-state index in [0.29, 0.717) is 12.5 Å². The molecular weight excluding hydrogens is 244 g/mol. The first kappa shape index (κ1) is 13.1. The number of nitrogens with two attached hydrogens (primary N) is 1. The van der Waals surface area contributed by atoms with E-state index in [9.17, 15) is 0 Å². The van der Waals surface area contributed by atoms with Crippen molar-refractivity contribution in [3.05, 3.63) is 45.9 Å².